The van der Waals surface area contributed by atoms with Crippen molar-refractivity contribution >= 4 is 28.5 Å². The Balaban J connectivity index is 2.55. The zero-order valence-electron chi connectivity index (χ0n) is 7.41. The summed E-state index contributed by atoms with van der Waals surface area (Å²) in [5, 5.41) is 1.17. The summed E-state index contributed by atoms with van der Waals surface area (Å²) in [7, 11) is 1.33. The van der Waals surface area contributed by atoms with Gasteiger partial charge in [0.2, 0.25) is 0 Å². The average Bonchev–Trinajstić information content (AvgIpc) is 2.55. The van der Waals surface area contributed by atoms with Gasteiger partial charge in [0.25, 0.3) is 0 Å². The fourth-order valence-corrected chi connectivity index (χ4v) is 1.44. The summed E-state index contributed by atoms with van der Waals surface area (Å²) in [6.45, 7) is 0. The predicted molar refractivity (Wildman–Crippen MR) is 52.6 cm³/mol. The Kier molecular flexibility index (Phi) is 2.17. The molecule has 0 atom stereocenters. The first-order valence-corrected chi connectivity index (χ1v) is 4.36. The standard InChI is InChI=1S/C10H7ClO3/c1-13-10(12)7-3-2-6-5-9(11)14-8(6)4-7/h2-5H,1H3. The SMILES string of the molecule is COC(=O)c1ccc2cc(Cl)oc2c1. The third-order valence-corrected chi connectivity index (χ3v) is 2.10. The van der Waals surface area contributed by atoms with Gasteiger partial charge in [-0.05, 0) is 23.7 Å². The fraction of sp³-hybridized carbons (Fsp3) is 0.100. The number of hydrogen-bond acceptors (Lipinski definition) is 3. The van der Waals surface area contributed by atoms with E-state index in [0.717, 1.165) is 5.39 Å². The van der Waals surface area contributed by atoms with E-state index in [4.69, 9.17) is 16.0 Å². The molecule has 3 nitrogen and oxygen atoms in total. The number of esters is 1. The second-order valence-electron chi connectivity index (χ2n) is 2.79. The monoisotopic (exact) mass is 210 g/mol. The lowest BCUT2D eigenvalue weighted by Crippen LogP contribution is -1.99. The summed E-state index contributed by atoms with van der Waals surface area (Å²) in [4.78, 5) is 11.2. The normalized spacial score (nSPS) is 10.4. The molecule has 0 saturated carbocycles. The molecule has 0 unspecified atom stereocenters. The first kappa shape index (κ1) is 9.09. The number of benzene rings is 1. The molecular formula is C10H7ClO3. The quantitative estimate of drug-likeness (QED) is 0.680. The van der Waals surface area contributed by atoms with E-state index >= 15 is 0 Å². The summed E-state index contributed by atoms with van der Waals surface area (Å²) in [5.74, 6) is -0.389. The molecule has 1 heterocycles. The smallest absolute Gasteiger partial charge is 0.337 e. The molecule has 2 aromatic rings. The summed E-state index contributed by atoms with van der Waals surface area (Å²) >= 11 is 5.67. The minimum absolute atomic E-state index is 0.307. The third-order valence-electron chi connectivity index (χ3n) is 1.91. The van der Waals surface area contributed by atoms with Gasteiger partial charge in [-0.2, -0.15) is 0 Å². The van der Waals surface area contributed by atoms with E-state index in [9.17, 15) is 4.79 Å². The molecule has 1 aromatic carbocycles. The van der Waals surface area contributed by atoms with Crippen molar-refractivity contribution in [2.24, 2.45) is 0 Å². The summed E-state index contributed by atoms with van der Waals surface area (Å²) < 4.78 is 9.74. The van der Waals surface area contributed by atoms with Gasteiger partial charge in [0.15, 0.2) is 5.22 Å². The van der Waals surface area contributed by atoms with Crippen LogP contribution in [0.3, 0.4) is 0 Å². The number of carbonyl (C=O) groups excluding carboxylic acids is 1. The third kappa shape index (κ3) is 1.46. The number of fused-ring (bicyclic) bond motifs is 1. The first-order chi connectivity index (χ1) is 6.70. The van der Waals surface area contributed by atoms with Gasteiger partial charge < -0.3 is 9.15 Å². The molecule has 14 heavy (non-hydrogen) atoms. The van der Waals surface area contributed by atoms with Crippen molar-refractivity contribution < 1.29 is 13.9 Å². The van der Waals surface area contributed by atoms with Gasteiger partial charge in [0.05, 0.1) is 12.7 Å². The van der Waals surface area contributed by atoms with Crippen molar-refractivity contribution in [2.75, 3.05) is 7.11 Å². The Bertz CT molecular complexity index is 487. The molecule has 0 spiro atoms. The molecule has 0 bridgehead atoms. The minimum atomic E-state index is -0.389. The van der Waals surface area contributed by atoms with Gasteiger partial charge in [-0.15, -0.1) is 0 Å². The highest BCUT2D eigenvalue weighted by atomic mass is 35.5. The van der Waals surface area contributed by atoms with Crippen LogP contribution in [-0.4, -0.2) is 13.1 Å². The van der Waals surface area contributed by atoms with Crippen LogP contribution in [0.5, 0.6) is 0 Å². The van der Waals surface area contributed by atoms with E-state index in [1.165, 1.54) is 7.11 Å². The number of rotatable bonds is 1. The molecule has 2 rings (SSSR count). The maximum Gasteiger partial charge on any atom is 0.337 e. The minimum Gasteiger partial charge on any atom is -0.465 e. The van der Waals surface area contributed by atoms with Crippen LogP contribution in [0.2, 0.25) is 5.22 Å². The van der Waals surface area contributed by atoms with Crippen LogP contribution in [0.1, 0.15) is 10.4 Å². The Morgan fingerprint density at radius 3 is 2.93 bits per heavy atom. The number of methoxy groups -OCH3 is 1. The number of ether oxygens (including phenoxy) is 1. The Morgan fingerprint density at radius 2 is 2.21 bits per heavy atom. The Hall–Kier alpha value is -1.48. The van der Waals surface area contributed by atoms with Gasteiger partial charge in [-0.3, -0.25) is 0 Å². The van der Waals surface area contributed by atoms with Crippen LogP contribution in [0.15, 0.2) is 28.7 Å². The van der Waals surface area contributed by atoms with Crippen LogP contribution >= 0.6 is 11.6 Å². The van der Waals surface area contributed by atoms with Crippen LogP contribution in [-0.2, 0) is 4.74 Å². The van der Waals surface area contributed by atoms with Gasteiger partial charge in [-0.1, -0.05) is 6.07 Å². The van der Waals surface area contributed by atoms with Crippen molar-refractivity contribution in [2.45, 2.75) is 0 Å². The molecule has 0 fully saturated rings. The van der Waals surface area contributed by atoms with E-state index in [1.807, 2.05) is 0 Å². The highest BCUT2D eigenvalue weighted by Gasteiger charge is 2.08. The first-order valence-electron chi connectivity index (χ1n) is 3.98. The van der Waals surface area contributed by atoms with E-state index in [0.29, 0.717) is 16.4 Å². The van der Waals surface area contributed by atoms with Crippen molar-refractivity contribution in [1.82, 2.24) is 0 Å². The topological polar surface area (TPSA) is 39.4 Å². The fourth-order valence-electron chi connectivity index (χ4n) is 1.24. The van der Waals surface area contributed by atoms with Gasteiger partial charge >= 0.3 is 5.97 Å². The Morgan fingerprint density at radius 1 is 1.43 bits per heavy atom. The summed E-state index contributed by atoms with van der Waals surface area (Å²) in [6.07, 6.45) is 0. The highest BCUT2D eigenvalue weighted by molar-refractivity contribution is 6.29. The van der Waals surface area contributed by atoms with E-state index in [-0.39, 0.29) is 5.97 Å². The van der Waals surface area contributed by atoms with Crippen LogP contribution < -0.4 is 0 Å². The average molecular weight is 211 g/mol. The zero-order chi connectivity index (χ0) is 10.1. The second-order valence-corrected chi connectivity index (χ2v) is 3.17. The van der Waals surface area contributed by atoms with Crippen LogP contribution in [0.4, 0.5) is 0 Å². The van der Waals surface area contributed by atoms with Crippen molar-refractivity contribution in [3.8, 4) is 0 Å². The second kappa shape index (κ2) is 3.35. The zero-order valence-corrected chi connectivity index (χ0v) is 8.17. The van der Waals surface area contributed by atoms with Crippen LogP contribution in [0.25, 0.3) is 11.0 Å². The summed E-state index contributed by atoms with van der Waals surface area (Å²) in [6, 6.07) is 6.72. The molecule has 0 aliphatic carbocycles. The van der Waals surface area contributed by atoms with E-state index in [1.54, 1.807) is 24.3 Å². The Labute approximate surface area is 85.2 Å². The van der Waals surface area contributed by atoms with Crippen molar-refractivity contribution in [3.63, 3.8) is 0 Å². The lowest BCUT2D eigenvalue weighted by Gasteiger charge is -1.97. The molecule has 0 aliphatic rings. The van der Waals surface area contributed by atoms with E-state index < -0.39 is 0 Å². The molecule has 0 radical (unpaired) electrons. The lowest BCUT2D eigenvalue weighted by atomic mass is 10.2. The largest absolute Gasteiger partial charge is 0.465 e. The molecule has 0 saturated heterocycles. The molecule has 0 aliphatic heterocycles. The van der Waals surface area contributed by atoms with Crippen molar-refractivity contribution in [3.05, 3.63) is 35.0 Å². The van der Waals surface area contributed by atoms with Gasteiger partial charge in [-0.25, -0.2) is 4.79 Å². The molecule has 0 amide bonds. The number of furan rings is 1. The predicted octanol–water partition coefficient (Wildman–Crippen LogP) is 2.87. The van der Waals surface area contributed by atoms with Crippen molar-refractivity contribution in [1.29, 1.82) is 0 Å². The summed E-state index contributed by atoms with van der Waals surface area (Å²) in [5.41, 5.74) is 1.03. The molecule has 0 N–H and O–H groups in total. The van der Waals surface area contributed by atoms with E-state index in [2.05, 4.69) is 4.74 Å². The maximum atomic E-state index is 11.2. The number of carbonyl (C=O) groups is 1. The molecular weight excluding hydrogens is 204 g/mol. The van der Waals surface area contributed by atoms with Gasteiger partial charge in [0, 0.05) is 11.5 Å². The number of halogens is 1. The van der Waals surface area contributed by atoms with Gasteiger partial charge in [0.1, 0.15) is 5.58 Å². The number of hydrogen-bond donors (Lipinski definition) is 0. The molecule has 4 heteroatoms. The van der Waals surface area contributed by atoms with Crippen LogP contribution in [0, 0.1) is 0 Å². The molecule has 1 aromatic heterocycles. The maximum absolute atomic E-state index is 11.2. The molecule has 72 valence electrons. The lowest BCUT2D eigenvalue weighted by molar-refractivity contribution is 0.0601. The highest BCUT2D eigenvalue weighted by Crippen LogP contribution is 2.23.